The molecule has 0 heterocycles. The number of unbranched alkanes of at least 4 members (excludes halogenated alkanes) is 2. The molecular weight excluding hydrogens is 211 g/mol. The fraction of sp³-hybridized carbons (Fsp3) is 0.889. The first kappa shape index (κ1) is 17.4. The smallest absolute Gasteiger partial charge is 0.550 e. The fourth-order valence-corrected chi connectivity index (χ4v) is 0.913. The minimum atomic E-state index is -1.15. The summed E-state index contributed by atoms with van der Waals surface area (Å²) >= 11 is 0. The average molecular weight is 228 g/mol. The standard InChI is InChI=1S/C9H18O4.K/c1-3-4-5-6-13-9(12-2)7-8(10)11;/h9H,3-7H2,1-2H3,(H,10,11);/q;+1/p-1. The maximum Gasteiger partial charge on any atom is 1.00 e. The molecule has 0 aromatic heterocycles. The second kappa shape index (κ2) is 12.1. The summed E-state index contributed by atoms with van der Waals surface area (Å²) in [6.45, 7) is 2.63. The van der Waals surface area contributed by atoms with Gasteiger partial charge in [-0.25, -0.2) is 0 Å². The predicted octanol–water partition coefficient (Wildman–Crippen LogP) is -2.69. The van der Waals surface area contributed by atoms with Crippen LogP contribution in [0.2, 0.25) is 0 Å². The molecule has 0 rings (SSSR count). The largest absolute Gasteiger partial charge is 1.00 e. The van der Waals surface area contributed by atoms with Gasteiger partial charge < -0.3 is 19.4 Å². The first-order chi connectivity index (χ1) is 6.20. The minimum absolute atomic E-state index is 0. The van der Waals surface area contributed by atoms with Crippen LogP contribution in [0.4, 0.5) is 0 Å². The summed E-state index contributed by atoms with van der Waals surface area (Å²) < 4.78 is 9.96. The fourth-order valence-electron chi connectivity index (χ4n) is 0.913. The molecule has 14 heavy (non-hydrogen) atoms. The average Bonchev–Trinajstić information content (AvgIpc) is 2.09. The number of carboxylic acid groups (broad SMARTS) is 1. The molecule has 0 radical (unpaired) electrons. The molecule has 0 bridgehead atoms. The van der Waals surface area contributed by atoms with Gasteiger partial charge in [-0.15, -0.1) is 0 Å². The zero-order valence-corrected chi connectivity index (χ0v) is 12.4. The molecule has 0 saturated heterocycles. The van der Waals surface area contributed by atoms with Gasteiger partial charge in [0, 0.05) is 26.1 Å². The van der Waals surface area contributed by atoms with Gasteiger partial charge in [0.05, 0.1) is 0 Å². The summed E-state index contributed by atoms with van der Waals surface area (Å²) in [6.07, 6.45) is 2.26. The van der Waals surface area contributed by atoms with E-state index in [-0.39, 0.29) is 57.8 Å². The monoisotopic (exact) mass is 228 g/mol. The van der Waals surface area contributed by atoms with Crippen LogP contribution in [0, 0.1) is 0 Å². The van der Waals surface area contributed by atoms with Gasteiger partial charge in [0.1, 0.15) is 0 Å². The number of ether oxygens (including phenoxy) is 2. The molecule has 0 aromatic rings. The van der Waals surface area contributed by atoms with E-state index in [4.69, 9.17) is 9.47 Å². The van der Waals surface area contributed by atoms with E-state index in [2.05, 4.69) is 6.92 Å². The van der Waals surface area contributed by atoms with Gasteiger partial charge in [-0.3, -0.25) is 0 Å². The number of rotatable bonds is 8. The zero-order chi connectivity index (χ0) is 10.1. The Morgan fingerprint density at radius 2 is 2.07 bits per heavy atom. The summed E-state index contributed by atoms with van der Waals surface area (Å²) in [7, 11) is 1.42. The van der Waals surface area contributed by atoms with Crippen molar-refractivity contribution < 1.29 is 70.8 Å². The molecule has 78 valence electrons. The van der Waals surface area contributed by atoms with E-state index in [9.17, 15) is 9.90 Å². The Balaban J connectivity index is 0. The number of hydrogen-bond donors (Lipinski definition) is 0. The van der Waals surface area contributed by atoms with Crippen molar-refractivity contribution in [1.82, 2.24) is 0 Å². The number of carboxylic acids is 1. The van der Waals surface area contributed by atoms with Crippen molar-refractivity contribution >= 4 is 5.97 Å². The summed E-state index contributed by atoms with van der Waals surface area (Å²) in [4.78, 5) is 10.2. The van der Waals surface area contributed by atoms with Crippen molar-refractivity contribution in [2.45, 2.75) is 38.9 Å². The van der Waals surface area contributed by atoms with Gasteiger partial charge in [0.25, 0.3) is 0 Å². The number of aliphatic carboxylic acids is 1. The van der Waals surface area contributed by atoms with Crippen molar-refractivity contribution in [3.8, 4) is 0 Å². The van der Waals surface area contributed by atoms with E-state index in [0.29, 0.717) is 6.61 Å². The second-order valence-corrected chi connectivity index (χ2v) is 2.82. The molecule has 1 atom stereocenters. The Hall–Kier alpha value is 1.03. The summed E-state index contributed by atoms with van der Waals surface area (Å²) in [6, 6.07) is 0. The van der Waals surface area contributed by atoms with Crippen LogP contribution in [-0.4, -0.2) is 26.0 Å². The summed E-state index contributed by atoms with van der Waals surface area (Å²) in [5.41, 5.74) is 0. The Labute approximate surface area is 128 Å². The molecule has 0 fully saturated rings. The Bertz CT molecular complexity index is 141. The van der Waals surface area contributed by atoms with Crippen LogP contribution in [0.15, 0.2) is 0 Å². The Kier molecular flexibility index (Phi) is 15.1. The van der Waals surface area contributed by atoms with Crippen molar-refractivity contribution in [2.75, 3.05) is 13.7 Å². The molecule has 0 aliphatic carbocycles. The quantitative estimate of drug-likeness (QED) is 0.258. The van der Waals surface area contributed by atoms with Crippen molar-refractivity contribution in [3.63, 3.8) is 0 Å². The Morgan fingerprint density at radius 1 is 1.43 bits per heavy atom. The van der Waals surface area contributed by atoms with Gasteiger partial charge in [0.15, 0.2) is 6.29 Å². The van der Waals surface area contributed by atoms with E-state index in [1.807, 2.05) is 0 Å². The van der Waals surface area contributed by atoms with E-state index in [1.165, 1.54) is 7.11 Å². The van der Waals surface area contributed by atoms with Crippen LogP contribution in [0.3, 0.4) is 0 Å². The van der Waals surface area contributed by atoms with E-state index in [0.717, 1.165) is 19.3 Å². The summed E-state index contributed by atoms with van der Waals surface area (Å²) in [5.74, 6) is -1.15. The van der Waals surface area contributed by atoms with Crippen LogP contribution in [0.5, 0.6) is 0 Å². The molecule has 5 heteroatoms. The zero-order valence-electron chi connectivity index (χ0n) is 9.25. The van der Waals surface area contributed by atoms with Crippen LogP contribution in [0.1, 0.15) is 32.6 Å². The maximum absolute atomic E-state index is 10.2. The summed E-state index contributed by atoms with van der Waals surface area (Å²) in [5, 5.41) is 10.2. The van der Waals surface area contributed by atoms with E-state index < -0.39 is 12.3 Å². The van der Waals surface area contributed by atoms with Gasteiger partial charge >= 0.3 is 51.4 Å². The first-order valence-corrected chi connectivity index (χ1v) is 4.55. The third-order valence-electron chi connectivity index (χ3n) is 1.65. The first-order valence-electron chi connectivity index (χ1n) is 4.55. The van der Waals surface area contributed by atoms with Gasteiger partial charge in [0.2, 0.25) is 0 Å². The molecule has 0 saturated carbocycles. The molecular formula is C9H17KO4. The molecule has 0 aromatic carbocycles. The molecule has 0 amide bonds. The molecule has 0 aliphatic heterocycles. The third kappa shape index (κ3) is 11.1. The SMILES string of the molecule is CCCCCOC(CC(=O)[O-])OC.[K+]. The van der Waals surface area contributed by atoms with E-state index >= 15 is 0 Å². The molecule has 0 spiro atoms. The normalized spacial score (nSPS) is 11.9. The van der Waals surface area contributed by atoms with Crippen molar-refractivity contribution in [1.29, 1.82) is 0 Å². The van der Waals surface area contributed by atoms with Gasteiger partial charge in [-0.05, 0) is 6.42 Å². The van der Waals surface area contributed by atoms with Crippen LogP contribution < -0.4 is 56.5 Å². The predicted molar refractivity (Wildman–Crippen MR) is 45.9 cm³/mol. The van der Waals surface area contributed by atoms with Crippen molar-refractivity contribution in [2.24, 2.45) is 0 Å². The molecule has 0 aliphatic rings. The molecule has 1 unspecified atom stereocenters. The maximum atomic E-state index is 10.2. The molecule has 0 N–H and O–H groups in total. The number of methoxy groups -OCH3 is 1. The van der Waals surface area contributed by atoms with Crippen molar-refractivity contribution in [3.05, 3.63) is 0 Å². The van der Waals surface area contributed by atoms with Crippen LogP contribution in [-0.2, 0) is 14.3 Å². The van der Waals surface area contributed by atoms with Gasteiger partial charge in [-0.1, -0.05) is 19.8 Å². The third-order valence-corrected chi connectivity index (χ3v) is 1.65. The molecule has 4 nitrogen and oxygen atoms in total. The Morgan fingerprint density at radius 3 is 2.50 bits per heavy atom. The van der Waals surface area contributed by atoms with Crippen LogP contribution >= 0.6 is 0 Å². The number of carbonyl (C=O) groups is 1. The van der Waals surface area contributed by atoms with Gasteiger partial charge in [-0.2, -0.15) is 0 Å². The number of hydrogen-bond acceptors (Lipinski definition) is 4. The van der Waals surface area contributed by atoms with E-state index in [1.54, 1.807) is 0 Å². The number of carbonyl (C=O) groups excluding carboxylic acids is 1. The second-order valence-electron chi connectivity index (χ2n) is 2.82. The minimum Gasteiger partial charge on any atom is -0.550 e. The van der Waals surface area contributed by atoms with Crippen LogP contribution in [0.25, 0.3) is 0 Å². The topological polar surface area (TPSA) is 58.6 Å².